The van der Waals surface area contributed by atoms with Gasteiger partial charge in [-0.05, 0) is 30.9 Å². The molecule has 2 saturated heterocycles. The fraction of sp³-hybridized carbons (Fsp3) is 0.667. The number of carbonyl (C=O) groups excluding carboxylic acids is 1. The third-order valence-corrected chi connectivity index (χ3v) is 8.21. The van der Waals surface area contributed by atoms with Gasteiger partial charge in [0.05, 0.1) is 44.0 Å². The number of hydrogen-bond acceptors (Lipinski definition) is 5. The van der Waals surface area contributed by atoms with Gasteiger partial charge in [0, 0.05) is 19.3 Å². The van der Waals surface area contributed by atoms with Crippen LogP contribution in [0.1, 0.15) is 19.8 Å². The van der Waals surface area contributed by atoms with Crippen LogP contribution in [0.3, 0.4) is 0 Å². The second kappa shape index (κ2) is 8.89. The van der Waals surface area contributed by atoms with Gasteiger partial charge >= 0.3 is 0 Å². The van der Waals surface area contributed by atoms with Crippen molar-refractivity contribution in [3.8, 4) is 0 Å². The van der Waals surface area contributed by atoms with Gasteiger partial charge in [0.15, 0.2) is 0 Å². The van der Waals surface area contributed by atoms with Gasteiger partial charge in [-0.1, -0.05) is 18.7 Å². The number of carbonyl (C=O) groups is 1. The second-order valence-corrected chi connectivity index (χ2v) is 10.5. The van der Waals surface area contributed by atoms with Crippen molar-refractivity contribution in [2.24, 2.45) is 5.92 Å². The third kappa shape index (κ3) is 5.22. The highest BCUT2D eigenvalue weighted by molar-refractivity contribution is 7.99. The number of thioether (sulfide) groups is 1. The molecule has 0 radical (unpaired) electrons. The van der Waals surface area contributed by atoms with Gasteiger partial charge in [-0.25, -0.2) is 13.4 Å². The summed E-state index contributed by atoms with van der Waals surface area (Å²) < 4.78 is 27.0. The van der Waals surface area contributed by atoms with E-state index in [0.717, 1.165) is 39.0 Å². The van der Waals surface area contributed by atoms with Crippen LogP contribution in [0.15, 0.2) is 28.3 Å². The molecule has 0 unspecified atom stereocenters. The number of quaternary nitrogens is 1. The molecule has 1 amide bonds. The number of hydrogen-bond donors (Lipinski definition) is 1. The van der Waals surface area contributed by atoms with Crippen molar-refractivity contribution in [3.63, 3.8) is 0 Å². The summed E-state index contributed by atoms with van der Waals surface area (Å²) in [6, 6.07) is 3.30. The number of nitrogens with zero attached hydrogens (tertiary/aromatic N) is 3. The number of pyridine rings is 1. The van der Waals surface area contributed by atoms with Crippen molar-refractivity contribution < 1.29 is 18.1 Å². The van der Waals surface area contributed by atoms with Crippen molar-refractivity contribution in [1.82, 2.24) is 14.2 Å². The summed E-state index contributed by atoms with van der Waals surface area (Å²) in [5.41, 5.74) is 0. The molecule has 9 heteroatoms. The average molecular weight is 414 g/mol. The molecule has 0 saturated carbocycles. The molecular formula is C18H29N4O3S2+. The van der Waals surface area contributed by atoms with Gasteiger partial charge in [-0.2, -0.15) is 4.31 Å². The number of amides is 1. The van der Waals surface area contributed by atoms with Crippen LogP contribution in [0.5, 0.6) is 0 Å². The largest absolute Gasteiger partial charge is 0.342 e. The number of rotatable bonds is 5. The van der Waals surface area contributed by atoms with Crippen LogP contribution in [-0.2, 0) is 14.8 Å². The highest BCUT2D eigenvalue weighted by atomic mass is 32.2. The van der Waals surface area contributed by atoms with E-state index in [4.69, 9.17) is 0 Å². The molecule has 27 heavy (non-hydrogen) atoms. The second-order valence-electron chi connectivity index (χ2n) is 7.55. The maximum atomic E-state index is 12.7. The Kier molecular flexibility index (Phi) is 6.78. The lowest BCUT2D eigenvalue weighted by Gasteiger charge is -2.30. The lowest BCUT2D eigenvalue weighted by atomic mass is 9.99. The number of piperazine rings is 1. The first kappa shape index (κ1) is 20.6. The first-order valence-corrected chi connectivity index (χ1v) is 12.0. The molecule has 2 aliphatic heterocycles. The van der Waals surface area contributed by atoms with Crippen molar-refractivity contribution in [1.29, 1.82) is 0 Å². The summed E-state index contributed by atoms with van der Waals surface area (Å²) in [7, 11) is -1.41. The molecule has 2 aliphatic rings. The standard InChI is InChI=1S/C18H28N4O3S2/c1-15-5-7-21(8-6-15)18(23)14-26-17-4-3-16(13-19-17)27(24,25)22-11-9-20(2)10-12-22/h3-4,13,15H,5-12,14H2,1-2H3/p+1. The zero-order chi connectivity index (χ0) is 19.4. The molecule has 1 aromatic heterocycles. The predicted molar refractivity (Wildman–Crippen MR) is 105 cm³/mol. The van der Waals surface area contributed by atoms with E-state index in [1.807, 2.05) is 4.90 Å². The van der Waals surface area contributed by atoms with E-state index in [2.05, 4.69) is 19.0 Å². The Hall–Kier alpha value is -1.16. The number of aromatic nitrogens is 1. The van der Waals surface area contributed by atoms with Crippen LogP contribution in [-0.4, -0.2) is 80.6 Å². The molecule has 3 heterocycles. The lowest BCUT2D eigenvalue weighted by Crippen LogP contribution is -3.12. The molecule has 0 aromatic carbocycles. The van der Waals surface area contributed by atoms with E-state index in [9.17, 15) is 13.2 Å². The first-order valence-electron chi connectivity index (χ1n) is 9.54. The normalized spacial score (nSPS) is 20.7. The molecule has 1 N–H and O–H groups in total. The Labute approximate surface area is 166 Å². The summed E-state index contributed by atoms with van der Waals surface area (Å²) in [6.45, 7) is 6.59. The molecule has 0 aliphatic carbocycles. The Morgan fingerprint density at radius 1 is 1.22 bits per heavy atom. The Morgan fingerprint density at radius 3 is 2.48 bits per heavy atom. The molecule has 0 atom stereocenters. The zero-order valence-corrected chi connectivity index (χ0v) is 17.7. The van der Waals surface area contributed by atoms with E-state index >= 15 is 0 Å². The highest BCUT2D eigenvalue weighted by Gasteiger charge is 2.29. The quantitative estimate of drug-likeness (QED) is 0.685. The van der Waals surface area contributed by atoms with Crippen LogP contribution in [0, 0.1) is 5.92 Å². The van der Waals surface area contributed by atoms with Gasteiger partial charge in [0.1, 0.15) is 4.90 Å². The Morgan fingerprint density at radius 2 is 1.89 bits per heavy atom. The van der Waals surface area contributed by atoms with E-state index in [1.54, 1.807) is 12.1 Å². The predicted octanol–water partition coefficient (Wildman–Crippen LogP) is -0.0488. The number of piperidine rings is 1. The van der Waals surface area contributed by atoms with E-state index in [1.165, 1.54) is 27.2 Å². The summed E-state index contributed by atoms with van der Waals surface area (Å²) >= 11 is 1.36. The topological polar surface area (TPSA) is 75.0 Å². The van der Waals surface area contributed by atoms with Gasteiger partial charge in [0.25, 0.3) is 0 Å². The van der Waals surface area contributed by atoms with Crippen molar-refractivity contribution >= 4 is 27.7 Å². The smallest absolute Gasteiger partial charge is 0.245 e. The van der Waals surface area contributed by atoms with Gasteiger partial charge < -0.3 is 9.80 Å². The minimum Gasteiger partial charge on any atom is -0.342 e. The summed E-state index contributed by atoms with van der Waals surface area (Å²) in [6.07, 6.45) is 3.54. The number of sulfonamides is 1. The van der Waals surface area contributed by atoms with Crippen LogP contribution in [0.25, 0.3) is 0 Å². The molecule has 150 valence electrons. The molecule has 1 aromatic rings. The maximum Gasteiger partial charge on any atom is 0.245 e. The average Bonchev–Trinajstić information content (AvgIpc) is 2.67. The number of likely N-dealkylation sites (N-methyl/N-ethyl adjacent to an activating group) is 1. The SMILES string of the molecule is CC1CCN(C(=O)CSc2ccc(S(=O)(=O)N3CC[NH+](C)CC3)cn2)CC1. The monoisotopic (exact) mass is 413 g/mol. The summed E-state index contributed by atoms with van der Waals surface area (Å²) in [5, 5.41) is 0.676. The fourth-order valence-electron chi connectivity index (χ4n) is 3.35. The van der Waals surface area contributed by atoms with Crippen molar-refractivity contribution in [3.05, 3.63) is 18.3 Å². The molecule has 3 rings (SSSR count). The fourth-order valence-corrected chi connectivity index (χ4v) is 5.48. The third-order valence-electron chi connectivity index (χ3n) is 5.40. The minimum atomic E-state index is -3.48. The van der Waals surface area contributed by atoms with E-state index < -0.39 is 10.0 Å². The minimum absolute atomic E-state index is 0.130. The van der Waals surface area contributed by atoms with E-state index in [0.29, 0.717) is 29.8 Å². The number of likely N-dealkylation sites (tertiary alicyclic amines) is 1. The summed E-state index contributed by atoms with van der Waals surface area (Å²) in [5.74, 6) is 1.17. The van der Waals surface area contributed by atoms with Crippen LogP contribution in [0.2, 0.25) is 0 Å². The van der Waals surface area contributed by atoms with Crippen LogP contribution < -0.4 is 4.90 Å². The summed E-state index contributed by atoms with van der Waals surface area (Å²) in [4.78, 5) is 20.1. The Bertz CT molecular complexity index is 738. The van der Waals surface area contributed by atoms with Crippen molar-refractivity contribution in [2.75, 3.05) is 52.1 Å². The van der Waals surface area contributed by atoms with Gasteiger partial charge in [-0.3, -0.25) is 4.79 Å². The van der Waals surface area contributed by atoms with E-state index in [-0.39, 0.29) is 10.8 Å². The molecule has 2 fully saturated rings. The van der Waals surface area contributed by atoms with Gasteiger partial charge in [0.2, 0.25) is 15.9 Å². The molecule has 7 nitrogen and oxygen atoms in total. The molecule has 0 bridgehead atoms. The first-order chi connectivity index (χ1) is 12.9. The Balaban J connectivity index is 1.54. The maximum absolute atomic E-state index is 12.7. The zero-order valence-electron chi connectivity index (χ0n) is 16.1. The number of nitrogens with one attached hydrogen (secondary N) is 1. The van der Waals surface area contributed by atoms with Crippen LogP contribution in [0.4, 0.5) is 0 Å². The molecular weight excluding hydrogens is 384 g/mol. The van der Waals surface area contributed by atoms with Crippen molar-refractivity contribution in [2.45, 2.75) is 29.7 Å². The lowest BCUT2D eigenvalue weighted by molar-refractivity contribution is -0.883. The van der Waals surface area contributed by atoms with Crippen LogP contribution >= 0.6 is 11.8 Å². The highest BCUT2D eigenvalue weighted by Crippen LogP contribution is 2.22. The molecule has 0 spiro atoms. The van der Waals surface area contributed by atoms with Gasteiger partial charge in [-0.15, -0.1) is 0 Å².